The number of rotatable bonds is 6. The summed E-state index contributed by atoms with van der Waals surface area (Å²) in [4.78, 5) is 0.371. The third kappa shape index (κ3) is 2.70. The van der Waals surface area contributed by atoms with Crippen LogP contribution in [0.2, 0.25) is 0 Å². The van der Waals surface area contributed by atoms with Crippen LogP contribution in [0.4, 0.5) is 0 Å². The van der Waals surface area contributed by atoms with Gasteiger partial charge < -0.3 is 10.3 Å². The zero-order valence-electron chi connectivity index (χ0n) is 11.8. The standard InChI is InChI=1S/C13H23N3O2S/c1-4-16(10(2)3)19(17,18)13-7-12(8-14)15(9-13)11-5-6-11/h7,9-11H,4-6,8,14H2,1-3H3. The van der Waals surface area contributed by atoms with E-state index >= 15 is 0 Å². The van der Waals surface area contributed by atoms with E-state index < -0.39 is 10.0 Å². The van der Waals surface area contributed by atoms with E-state index in [1.807, 2.05) is 25.3 Å². The molecule has 0 radical (unpaired) electrons. The fourth-order valence-electron chi connectivity index (χ4n) is 2.44. The third-order valence-corrected chi connectivity index (χ3v) is 5.67. The quantitative estimate of drug-likeness (QED) is 0.865. The van der Waals surface area contributed by atoms with Crippen molar-refractivity contribution in [3.05, 3.63) is 18.0 Å². The van der Waals surface area contributed by atoms with Gasteiger partial charge in [0.05, 0.1) is 0 Å². The van der Waals surface area contributed by atoms with Crippen molar-refractivity contribution in [3.8, 4) is 0 Å². The minimum absolute atomic E-state index is 0.0411. The van der Waals surface area contributed by atoms with E-state index in [0.29, 0.717) is 24.0 Å². The van der Waals surface area contributed by atoms with Crippen molar-refractivity contribution < 1.29 is 8.42 Å². The maximum absolute atomic E-state index is 12.6. The normalized spacial score (nSPS) is 16.5. The van der Waals surface area contributed by atoms with Gasteiger partial charge in [0.25, 0.3) is 0 Å². The van der Waals surface area contributed by atoms with Crippen molar-refractivity contribution in [3.63, 3.8) is 0 Å². The van der Waals surface area contributed by atoms with Gasteiger partial charge in [-0.1, -0.05) is 6.92 Å². The molecule has 0 saturated heterocycles. The van der Waals surface area contributed by atoms with E-state index in [1.54, 1.807) is 12.3 Å². The molecule has 1 saturated carbocycles. The van der Waals surface area contributed by atoms with E-state index in [1.165, 1.54) is 4.31 Å². The van der Waals surface area contributed by atoms with Gasteiger partial charge >= 0.3 is 0 Å². The van der Waals surface area contributed by atoms with E-state index in [2.05, 4.69) is 0 Å². The summed E-state index contributed by atoms with van der Waals surface area (Å²) in [6.45, 7) is 6.50. The molecular weight excluding hydrogens is 262 g/mol. The highest BCUT2D eigenvalue weighted by Gasteiger charge is 2.31. The molecule has 0 unspecified atom stereocenters. The van der Waals surface area contributed by atoms with Crippen LogP contribution in [0.5, 0.6) is 0 Å². The first-order valence-corrected chi connectivity index (χ1v) is 8.28. The smallest absolute Gasteiger partial charge is 0.244 e. The van der Waals surface area contributed by atoms with Gasteiger partial charge in [-0.2, -0.15) is 4.31 Å². The van der Waals surface area contributed by atoms with Gasteiger partial charge in [0.15, 0.2) is 0 Å². The second-order valence-corrected chi connectivity index (χ2v) is 7.20. The van der Waals surface area contributed by atoms with Crippen molar-refractivity contribution in [1.82, 2.24) is 8.87 Å². The molecule has 0 aromatic carbocycles. The molecule has 1 aromatic rings. The topological polar surface area (TPSA) is 68.3 Å². The minimum Gasteiger partial charge on any atom is -0.346 e. The van der Waals surface area contributed by atoms with Crippen LogP contribution < -0.4 is 5.73 Å². The summed E-state index contributed by atoms with van der Waals surface area (Å²) < 4.78 is 28.7. The number of nitrogens with zero attached hydrogens (tertiary/aromatic N) is 2. The molecule has 1 aliphatic rings. The molecule has 6 heteroatoms. The number of sulfonamides is 1. The Bertz CT molecular complexity index is 544. The number of hydrogen-bond donors (Lipinski definition) is 1. The molecule has 19 heavy (non-hydrogen) atoms. The molecule has 2 N–H and O–H groups in total. The second kappa shape index (κ2) is 5.26. The minimum atomic E-state index is -3.41. The van der Waals surface area contributed by atoms with Crippen molar-refractivity contribution in [1.29, 1.82) is 0 Å². The van der Waals surface area contributed by atoms with Crippen molar-refractivity contribution in [2.45, 2.75) is 57.1 Å². The lowest BCUT2D eigenvalue weighted by atomic mass is 10.4. The molecule has 0 bridgehead atoms. The van der Waals surface area contributed by atoms with Crippen LogP contribution >= 0.6 is 0 Å². The predicted molar refractivity (Wildman–Crippen MR) is 75.3 cm³/mol. The van der Waals surface area contributed by atoms with Gasteiger partial charge in [0.1, 0.15) is 4.90 Å². The molecule has 1 heterocycles. The van der Waals surface area contributed by atoms with Crippen LogP contribution in [0, 0.1) is 0 Å². The van der Waals surface area contributed by atoms with Crippen LogP contribution in [0.3, 0.4) is 0 Å². The van der Waals surface area contributed by atoms with Crippen molar-refractivity contribution >= 4 is 10.0 Å². The van der Waals surface area contributed by atoms with Gasteiger partial charge in [-0.25, -0.2) is 8.42 Å². The molecule has 0 atom stereocenters. The van der Waals surface area contributed by atoms with Crippen LogP contribution in [0.25, 0.3) is 0 Å². The molecule has 1 aliphatic carbocycles. The lowest BCUT2D eigenvalue weighted by Gasteiger charge is -2.23. The van der Waals surface area contributed by atoms with Gasteiger partial charge in [0, 0.05) is 37.1 Å². The molecular formula is C13H23N3O2S. The Hall–Kier alpha value is -0.850. The Balaban J connectivity index is 2.40. The zero-order chi connectivity index (χ0) is 14.2. The summed E-state index contributed by atoms with van der Waals surface area (Å²) in [7, 11) is -3.41. The molecule has 108 valence electrons. The Kier molecular flexibility index (Phi) is 4.03. The predicted octanol–water partition coefficient (Wildman–Crippen LogP) is 1.70. The lowest BCUT2D eigenvalue weighted by Crippen LogP contribution is -2.36. The summed E-state index contributed by atoms with van der Waals surface area (Å²) in [6, 6.07) is 2.12. The first-order chi connectivity index (χ1) is 8.91. The Morgan fingerprint density at radius 2 is 2.11 bits per heavy atom. The van der Waals surface area contributed by atoms with Crippen LogP contribution in [0.15, 0.2) is 17.2 Å². The van der Waals surface area contributed by atoms with Crippen LogP contribution in [0.1, 0.15) is 45.3 Å². The highest BCUT2D eigenvalue weighted by atomic mass is 32.2. The van der Waals surface area contributed by atoms with E-state index in [4.69, 9.17) is 5.73 Å². The highest BCUT2D eigenvalue weighted by Crippen LogP contribution is 2.37. The van der Waals surface area contributed by atoms with Gasteiger partial charge in [-0.3, -0.25) is 0 Å². The zero-order valence-corrected chi connectivity index (χ0v) is 12.7. The Morgan fingerprint density at radius 1 is 1.47 bits per heavy atom. The highest BCUT2D eigenvalue weighted by molar-refractivity contribution is 7.89. The molecule has 1 fully saturated rings. The summed E-state index contributed by atoms with van der Waals surface area (Å²) in [6.07, 6.45) is 3.98. The molecule has 1 aromatic heterocycles. The third-order valence-electron chi connectivity index (χ3n) is 3.55. The summed E-state index contributed by atoms with van der Waals surface area (Å²) >= 11 is 0. The fourth-order valence-corrected chi connectivity index (χ4v) is 4.14. The molecule has 0 spiro atoms. The van der Waals surface area contributed by atoms with Crippen LogP contribution in [-0.4, -0.2) is 29.9 Å². The van der Waals surface area contributed by atoms with Crippen molar-refractivity contribution in [2.75, 3.05) is 6.54 Å². The van der Waals surface area contributed by atoms with E-state index in [0.717, 1.165) is 18.5 Å². The summed E-state index contributed by atoms with van der Waals surface area (Å²) in [5, 5.41) is 0. The summed E-state index contributed by atoms with van der Waals surface area (Å²) in [5.41, 5.74) is 6.62. The first-order valence-electron chi connectivity index (χ1n) is 6.84. The molecule has 5 nitrogen and oxygen atoms in total. The molecule has 2 rings (SSSR count). The largest absolute Gasteiger partial charge is 0.346 e. The van der Waals surface area contributed by atoms with Gasteiger partial charge in [0.2, 0.25) is 10.0 Å². The average Bonchev–Trinajstić information content (AvgIpc) is 3.07. The molecule has 0 amide bonds. The average molecular weight is 285 g/mol. The Morgan fingerprint density at radius 3 is 2.53 bits per heavy atom. The van der Waals surface area contributed by atoms with Gasteiger partial charge in [-0.05, 0) is 32.8 Å². The van der Waals surface area contributed by atoms with E-state index in [-0.39, 0.29) is 6.04 Å². The van der Waals surface area contributed by atoms with Crippen LogP contribution in [-0.2, 0) is 16.6 Å². The van der Waals surface area contributed by atoms with Gasteiger partial charge in [-0.15, -0.1) is 0 Å². The fraction of sp³-hybridized carbons (Fsp3) is 0.692. The number of nitrogens with two attached hydrogens (primary N) is 1. The SMILES string of the molecule is CCN(C(C)C)S(=O)(=O)c1cc(CN)n(C2CC2)c1. The second-order valence-electron chi connectivity index (χ2n) is 5.31. The monoisotopic (exact) mass is 285 g/mol. The Labute approximate surface area is 115 Å². The number of hydrogen-bond acceptors (Lipinski definition) is 3. The first kappa shape index (κ1) is 14.6. The maximum Gasteiger partial charge on any atom is 0.244 e. The maximum atomic E-state index is 12.6. The van der Waals surface area contributed by atoms with Crippen molar-refractivity contribution in [2.24, 2.45) is 5.73 Å². The summed E-state index contributed by atoms with van der Waals surface area (Å²) in [5.74, 6) is 0. The lowest BCUT2D eigenvalue weighted by molar-refractivity contribution is 0.369. The van der Waals surface area contributed by atoms with E-state index in [9.17, 15) is 8.42 Å². The number of aromatic nitrogens is 1. The molecule has 0 aliphatic heterocycles.